The van der Waals surface area contributed by atoms with Crippen LogP contribution < -0.4 is 0 Å². The molecule has 19 heteroatoms. The summed E-state index contributed by atoms with van der Waals surface area (Å²) in [6, 6.07) is 0. The maximum absolute atomic E-state index is 13.1. The molecule has 0 spiro atoms. The van der Waals surface area contributed by atoms with Crippen molar-refractivity contribution in [3.63, 3.8) is 0 Å². The van der Waals surface area contributed by atoms with E-state index in [4.69, 9.17) is 37.0 Å². The van der Waals surface area contributed by atoms with Crippen molar-refractivity contribution in [1.82, 2.24) is 0 Å². The Morgan fingerprint density at radius 3 is 0.660 bits per heavy atom. The van der Waals surface area contributed by atoms with E-state index in [1.807, 2.05) is 0 Å². The molecule has 0 rings (SSSR count). The van der Waals surface area contributed by atoms with Crippen molar-refractivity contribution in [3.05, 3.63) is 0 Å². The number of esters is 4. The van der Waals surface area contributed by atoms with Crippen molar-refractivity contribution in [1.29, 1.82) is 0 Å². The second-order valence-electron chi connectivity index (χ2n) is 28.9. The number of rotatable bonds is 72. The van der Waals surface area contributed by atoms with Crippen LogP contribution in [0.4, 0.5) is 0 Å². The maximum Gasteiger partial charge on any atom is 0.472 e. The highest BCUT2D eigenvalue weighted by molar-refractivity contribution is 7.47. The quantitative estimate of drug-likeness (QED) is 0.0222. The molecule has 3 N–H and O–H groups in total. The number of ether oxygens (including phenoxy) is 4. The molecular formula is C75H146O17P2. The Balaban J connectivity index is 5.24. The molecule has 0 heterocycles. The van der Waals surface area contributed by atoms with E-state index in [-0.39, 0.29) is 25.7 Å². The zero-order valence-electron chi connectivity index (χ0n) is 61.6. The molecule has 94 heavy (non-hydrogen) atoms. The van der Waals surface area contributed by atoms with Gasteiger partial charge in [-0.15, -0.1) is 0 Å². The molecule has 5 atom stereocenters. The van der Waals surface area contributed by atoms with Gasteiger partial charge in [-0.2, -0.15) is 0 Å². The van der Waals surface area contributed by atoms with Crippen LogP contribution in [-0.2, 0) is 65.4 Å². The highest BCUT2D eigenvalue weighted by atomic mass is 31.2. The second kappa shape index (κ2) is 64.4. The molecule has 558 valence electrons. The van der Waals surface area contributed by atoms with E-state index in [1.54, 1.807) is 0 Å². The van der Waals surface area contributed by atoms with E-state index in [0.29, 0.717) is 31.6 Å². The number of aliphatic hydroxyl groups excluding tert-OH is 1. The van der Waals surface area contributed by atoms with Crippen molar-refractivity contribution in [2.75, 3.05) is 39.6 Å². The van der Waals surface area contributed by atoms with E-state index < -0.39 is 97.5 Å². The van der Waals surface area contributed by atoms with Gasteiger partial charge in [-0.05, 0) is 49.4 Å². The van der Waals surface area contributed by atoms with Gasteiger partial charge in [-0.1, -0.05) is 325 Å². The Morgan fingerprint density at radius 2 is 0.447 bits per heavy atom. The first-order chi connectivity index (χ1) is 45.1. The largest absolute Gasteiger partial charge is 0.472 e. The molecule has 0 aliphatic carbocycles. The van der Waals surface area contributed by atoms with E-state index in [9.17, 15) is 43.2 Å². The summed E-state index contributed by atoms with van der Waals surface area (Å²) >= 11 is 0. The fourth-order valence-electron chi connectivity index (χ4n) is 11.4. The average Bonchev–Trinajstić information content (AvgIpc) is 1.59. The van der Waals surface area contributed by atoms with Gasteiger partial charge in [0.25, 0.3) is 0 Å². The molecule has 0 saturated heterocycles. The number of hydrogen-bond donors (Lipinski definition) is 3. The minimum absolute atomic E-state index is 0.103. The van der Waals surface area contributed by atoms with Gasteiger partial charge in [-0.3, -0.25) is 37.3 Å². The van der Waals surface area contributed by atoms with Crippen molar-refractivity contribution in [2.45, 2.75) is 395 Å². The Labute approximate surface area is 575 Å². The summed E-state index contributed by atoms with van der Waals surface area (Å²) in [6.45, 7) is 14.1. The van der Waals surface area contributed by atoms with Crippen LogP contribution in [0.5, 0.6) is 0 Å². The van der Waals surface area contributed by atoms with Crippen molar-refractivity contribution < 1.29 is 80.2 Å². The van der Waals surface area contributed by atoms with Crippen LogP contribution in [0, 0.1) is 23.7 Å². The number of phosphoric ester groups is 2. The average molecular weight is 1380 g/mol. The van der Waals surface area contributed by atoms with E-state index in [1.165, 1.54) is 173 Å². The number of unbranched alkanes of at least 4 members (excludes halogenated alkanes) is 38. The number of carbonyl (C=O) groups excluding carboxylic acids is 4. The normalized spacial score (nSPS) is 14.2. The fourth-order valence-corrected chi connectivity index (χ4v) is 13.0. The molecule has 0 fully saturated rings. The number of hydrogen-bond acceptors (Lipinski definition) is 15. The number of phosphoric acid groups is 2. The Morgan fingerprint density at radius 1 is 0.266 bits per heavy atom. The summed E-state index contributed by atoms with van der Waals surface area (Å²) in [7, 11) is -9.91. The minimum atomic E-state index is -4.96. The maximum atomic E-state index is 13.1. The van der Waals surface area contributed by atoms with Gasteiger partial charge in [0.1, 0.15) is 19.3 Å². The van der Waals surface area contributed by atoms with Crippen LogP contribution in [0.2, 0.25) is 0 Å². The van der Waals surface area contributed by atoms with Crippen LogP contribution in [-0.4, -0.2) is 96.7 Å². The smallest absolute Gasteiger partial charge is 0.462 e. The summed E-state index contributed by atoms with van der Waals surface area (Å²) in [6.07, 6.45) is 48.7. The standard InChI is InChI=1S/C75H146O17P2/c1-65(2)51-43-35-27-20-16-12-9-10-14-19-23-32-41-49-57-74(79)91-70(61-85-72(77)55-47-39-31-22-18-15-11-13-17-21-28-36-44-52-66(3)4)63-89-93(81,82)87-59-69(76)60-88-94(83,84)90-64-71(62-86-73(78)56-48-40-34-26-30-38-46-54-68(7)8)92-75(80)58-50-42-33-25-24-29-37-45-53-67(5)6/h65-71,76H,9-64H2,1-8H3,(H,81,82)(H,83,84)/t69?,70-,71-/m1/s1. The first-order valence-corrected chi connectivity index (χ1v) is 41.7. The lowest BCUT2D eigenvalue weighted by atomic mass is 10.0. The predicted octanol–water partition coefficient (Wildman–Crippen LogP) is 21.7. The van der Waals surface area contributed by atoms with Gasteiger partial charge in [0.2, 0.25) is 0 Å². The van der Waals surface area contributed by atoms with Crippen LogP contribution in [0.15, 0.2) is 0 Å². The molecule has 0 aliphatic heterocycles. The SMILES string of the molecule is CC(C)CCCCCCCCCCCCCCCCC(=O)O[C@H](COC(=O)CCCCCCCCCCCCCCCC(C)C)COP(=O)(O)OCC(O)COP(=O)(O)OC[C@@H](COC(=O)CCCCCCCCCC(C)C)OC(=O)CCCCCCCCCCC(C)C. The van der Waals surface area contributed by atoms with Crippen LogP contribution in [0.3, 0.4) is 0 Å². The number of carbonyl (C=O) groups is 4. The first kappa shape index (κ1) is 92.1. The van der Waals surface area contributed by atoms with Crippen molar-refractivity contribution >= 4 is 39.5 Å². The third-order valence-electron chi connectivity index (χ3n) is 17.3. The topological polar surface area (TPSA) is 237 Å². The summed E-state index contributed by atoms with van der Waals surface area (Å²) in [5, 5.41) is 10.6. The molecule has 0 radical (unpaired) electrons. The minimum Gasteiger partial charge on any atom is -0.462 e. The molecule has 17 nitrogen and oxygen atoms in total. The van der Waals surface area contributed by atoms with Crippen molar-refractivity contribution in [2.24, 2.45) is 23.7 Å². The molecule has 0 saturated carbocycles. The summed E-state index contributed by atoms with van der Waals surface area (Å²) in [4.78, 5) is 72.7. The van der Waals surface area contributed by atoms with Gasteiger partial charge >= 0.3 is 39.5 Å². The van der Waals surface area contributed by atoms with Crippen LogP contribution >= 0.6 is 15.6 Å². The Kier molecular flexibility index (Phi) is 63.1. The molecule has 0 aromatic heterocycles. The van der Waals surface area contributed by atoms with Gasteiger partial charge in [0, 0.05) is 25.7 Å². The Hall–Kier alpha value is -1.94. The molecule has 0 aromatic carbocycles. The summed E-state index contributed by atoms with van der Waals surface area (Å²) in [5.74, 6) is 0.886. The third kappa shape index (κ3) is 68.6. The van der Waals surface area contributed by atoms with Gasteiger partial charge in [0.15, 0.2) is 12.2 Å². The molecular weight excluding hydrogens is 1230 g/mol. The summed E-state index contributed by atoms with van der Waals surface area (Å²) in [5.41, 5.74) is 0. The predicted molar refractivity (Wildman–Crippen MR) is 381 cm³/mol. The molecule has 0 amide bonds. The highest BCUT2D eigenvalue weighted by Gasteiger charge is 2.30. The zero-order valence-corrected chi connectivity index (χ0v) is 63.4. The van der Waals surface area contributed by atoms with Gasteiger partial charge in [-0.25, -0.2) is 9.13 Å². The second-order valence-corrected chi connectivity index (χ2v) is 31.9. The lowest BCUT2D eigenvalue weighted by molar-refractivity contribution is -0.161. The monoisotopic (exact) mass is 1380 g/mol. The van der Waals surface area contributed by atoms with E-state index in [2.05, 4.69) is 55.4 Å². The lowest BCUT2D eigenvalue weighted by Crippen LogP contribution is -2.30. The lowest BCUT2D eigenvalue weighted by Gasteiger charge is -2.21. The van der Waals surface area contributed by atoms with Crippen LogP contribution in [0.25, 0.3) is 0 Å². The molecule has 0 aliphatic rings. The van der Waals surface area contributed by atoms with Crippen molar-refractivity contribution in [3.8, 4) is 0 Å². The number of aliphatic hydroxyl groups is 1. The molecule has 3 unspecified atom stereocenters. The van der Waals surface area contributed by atoms with E-state index >= 15 is 0 Å². The fraction of sp³-hybridized carbons (Fsp3) is 0.947. The molecule has 0 bridgehead atoms. The Bertz CT molecular complexity index is 1850. The highest BCUT2D eigenvalue weighted by Crippen LogP contribution is 2.45. The summed E-state index contributed by atoms with van der Waals surface area (Å²) < 4.78 is 68.5. The van der Waals surface area contributed by atoms with Crippen LogP contribution in [0.1, 0.15) is 376 Å². The first-order valence-electron chi connectivity index (χ1n) is 38.7. The third-order valence-corrected chi connectivity index (χ3v) is 19.2. The van der Waals surface area contributed by atoms with Gasteiger partial charge < -0.3 is 33.8 Å². The van der Waals surface area contributed by atoms with E-state index in [0.717, 1.165) is 114 Å². The zero-order chi connectivity index (χ0) is 69.6. The van der Waals surface area contributed by atoms with Gasteiger partial charge in [0.05, 0.1) is 26.4 Å². The molecule has 0 aromatic rings.